The number of hydrogen-bond donors (Lipinski definition) is 1. The van der Waals surface area contributed by atoms with E-state index < -0.39 is 0 Å². The van der Waals surface area contributed by atoms with Gasteiger partial charge < -0.3 is 14.8 Å². The molecule has 1 aliphatic heterocycles. The third-order valence-electron chi connectivity index (χ3n) is 1.74. The first-order chi connectivity index (χ1) is 6.20. The Labute approximate surface area is 81.8 Å². The summed E-state index contributed by atoms with van der Waals surface area (Å²) in [6, 6.07) is 0. The summed E-state index contributed by atoms with van der Waals surface area (Å²) in [7, 11) is 0. The minimum Gasteiger partial charge on any atom is -0.382 e. The zero-order valence-corrected chi connectivity index (χ0v) is 9.30. The van der Waals surface area contributed by atoms with Gasteiger partial charge in [-0.05, 0) is 27.7 Å². The predicted molar refractivity (Wildman–Crippen MR) is 55.0 cm³/mol. The van der Waals surface area contributed by atoms with Crippen LogP contribution in [0.4, 0.5) is 0 Å². The molecule has 2 atom stereocenters. The first-order valence-electron chi connectivity index (χ1n) is 5.14. The Morgan fingerprint density at radius 3 is 1.77 bits per heavy atom. The molecule has 2 unspecified atom stereocenters. The fraction of sp³-hybridized carbons (Fsp3) is 1.00. The fourth-order valence-corrected chi connectivity index (χ4v) is 1.19. The van der Waals surface area contributed by atoms with E-state index in [4.69, 9.17) is 9.47 Å². The fourth-order valence-electron chi connectivity index (χ4n) is 1.19. The molecule has 1 saturated heterocycles. The summed E-state index contributed by atoms with van der Waals surface area (Å²) in [5.74, 6) is 0. The Morgan fingerprint density at radius 1 is 1.15 bits per heavy atom. The highest BCUT2D eigenvalue weighted by Crippen LogP contribution is 2.00. The molecule has 3 nitrogen and oxygen atoms in total. The van der Waals surface area contributed by atoms with Crippen molar-refractivity contribution < 1.29 is 9.47 Å². The van der Waals surface area contributed by atoms with Gasteiger partial charge in [0.25, 0.3) is 0 Å². The van der Waals surface area contributed by atoms with Gasteiger partial charge in [-0.3, -0.25) is 0 Å². The average Bonchev–Trinajstić information content (AvgIpc) is 2.06. The van der Waals surface area contributed by atoms with Gasteiger partial charge in [-0.2, -0.15) is 0 Å². The van der Waals surface area contributed by atoms with Crippen LogP contribution in [0.2, 0.25) is 0 Å². The summed E-state index contributed by atoms with van der Waals surface area (Å²) in [6.45, 7) is 11.8. The molecule has 1 N–H and O–H groups in total. The second kappa shape index (κ2) is 8.48. The van der Waals surface area contributed by atoms with Crippen molar-refractivity contribution in [3.63, 3.8) is 0 Å². The molecule has 1 aliphatic rings. The quantitative estimate of drug-likeness (QED) is 0.712. The van der Waals surface area contributed by atoms with Crippen LogP contribution in [-0.4, -0.2) is 38.5 Å². The van der Waals surface area contributed by atoms with E-state index in [1.165, 1.54) is 0 Å². The van der Waals surface area contributed by atoms with Crippen LogP contribution in [0.5, 0.6) is 0 Å². The van der Waals surface area contributed by atoms with Crippen LogP contribution >= 0.6 is 0 Å². The molecule has 1 heterocycles. The minimum atomic E-state index is 0.402. The molecular weight excluding hydrogens is 166 g/mol. The lowest BCUT2D eigenvalue weighted by molar-refractivity contribution is -0.0166. The number of rotatable bonds is 2. The van der Waals surface area contributed by atoms with Crippen LogP contribution in [0.15, 0.2) is 0 Å². The average molecular weight is 189 g/mol. The SMILES string of the molecule is CC1CNCC(C)O1.CCOCC. The van der Waals surface area contributed by atoms with Crippen molar-refractivity contribution in [1.29, 1.82) is 0 Å². The molecule has 0 aromatic heterocycles. The van der Waals surface area contributed by atoms with Crippen molar-refractivity contribution in [2.75, 3.05) is 26.3 Å². The Bertz CT molecular complexity index is 99.1. The first kappa shape index (κ1) is 12.9. The smallest absolute Gasteiger partial charge is 0.0675 e. The van der Waals surface area contributed by atoms with E-state index in [2.05, 4.69) is 19.2 Å². The van der Waals surface area contributed by atoms with Crippen molar-refractivity contribution in [3.8, 4) is 0 Å². The Balaban J connectivity index is 0.000000252. The van der Waals surface area contributed by atoms with E-state index in [0.717, 1.165) is 26.3 Å². The molecule has 0 saturated carbocycles. The van der Waals surface area contributed by atoms with Gasteiger partial charge in [-0.15, -0.1) is 0 Å². The number of morpholine rings is 1. The van der Waals surface area contributed by atoms with E-state index in [9.17, 15) is 0 Å². The van der Waals surface area contributed by atoms with Crippen molar-refractivity contribution in [3.05, 3.63) is 0 Å². The molecule has 0 spiro atoms. The standard InChI is InChI=1S/C6H13NO.C4H10O/c1-5-3-7-4-6(2)8-5;1-3-5-4-2/h5-7H,3-4H2,1-2H3;3-4H2,1-2H3. The highest BCUT2D eigenvalue weighted by molar-refractivity contribution is 4.66. The summed E-state index contributed by atoms with van der Waals surface area (Å²) >= 11 is 0. The van der Waals surface area contributed by atoms with Gasteiger partial charge in [-0.1, -0.05) is 0 Å². The molecule has 80 valence electrons. The van der Waals surface area contributed by atoms with E-state index in [-0.39, 0.29) is 0 Å². The Kier molecular flexibility index (Phi) is 8.40. The molecule has 0 amide bonds. The van der Waals surface area contributed by atoms with Crippen molar-refractivity contribution >= 4 is 0 Å². The zero-order chi connectivity index (χ0) is 10.1. The lowest BCUT2D eigenvalue weighted by Gasteiger charge is -2.25. The Morgan fingerprint density at radius 2 is 1.62 bits per heavy atom. The van der Waals surface area contributed by atoms with Gasteiger partial charge in [0.05, 0.1) is 12.2 Å². The molecule has 1 fully saturated rings. The summed E-state index contributed by atoms with van der Waals surface area (Å²) in [5, 5.41) is 3.26. The van der Waals surface area contributed by atoms with Gasteiger partial charge in [0, 0.05) is 26.3 Å². The lowest BCUT2D eigenvalue weighted by Crippen LogP contribution is -2.41. The van der Waals surface area contributed by atoms with Gasteiger partial charge in [0.1, 0.15) is 0 Å². The maximum atomic E-state index is 5.42. The molecular formula is C10H23NO2. The Hall–Kier alpha value is -0.120. The minimum absolute atomic E-state index is 0.402. The van der Waals surface area contributed by atoms with Crippen molar-refractivity contribution in [1.82, 2.24) is 5.32 Å². The van der Waals surface area contributed by atoms with Gasteiger partial charge >= 0.3 is 0 Å². The highest BCUT2D eigenvalue weighted by Gasteiger charge is 2.12. The van der Waals surface area contributed by atoms with Crippen LogP contribution in [0.25, 0.3) is 0 Å². The van der Waals surface area contributed by atoms with Crippen LogP contribution < -0.4 is 5.32 Å². The first-order valence-corrected chi connectivity index (χ1v) is 5.14. The van der Waals surface area contributed by atoms with Crippen LogP contribution in [-0.2, 0) is 9.47 Å². The topological polar surface area (TPSA) is 30.5 Å². The molecule has 0 aliphatic carbocycles. The molecule has 0 aromatic carbocycles. The van der Waals surface area contributed by atoms with E-state index in [1.54, 1.807) is 0 Å². The maximum absolute atomic E-state index is 5.42. The monoisotopic (exact) mass is 189 g/mol. The summed E-state index contributed by atoms with van der Waals surface area (Å²) in [5.41, 5.74) is 0. The van der Waals surface area contributed by atoms with Crippen molar-refractivity contribution in [2.45, 2.75) is 39.9 Å². The molecule has 0 radical (unpaired) electrons. The van der Waals surface area contributed by atoms with E-state index in [1.807, 2.05) is 13.8 Å². The normalized spacial score (nSPS) is 27.7. The molecule has 0 aromatic rings. The molecule has 3 heteroatoms. The predicted octanol–water partition coefficient (Wildman–Crippen LogP) is 1.43. The van der Waals surface area contributed by atoms with E-state index in [0.29, 0.717) is 12.2 Å². The third kappa shape index (κ3) is 8.22. The number of nitrogens with one attached hydrogen (secondary N) is 1. The van der Waals surface area contributed by atoms with Crippen molar-refractivity contribution in [2.24, 2.45) is 0 Å². The summed E-state index contributed by atoms with van der Waals surface area (Å²) in [4.78, 5) is 0. The largest absolute Gasteiger partial charge is 0.382 e. The van der Waals surface area contributed by atoms with Gasteiger partial charge in [0.15, 0.2) is 0 Å². The third-order valence-corrected chi connectivity index (χ3v) is 1.74. The zero-order valence-electron chi connectivity index (χ0n) is 9.30. The molecule has 1 rings (SSSR count). The van der Waals surface area contributed by atoms with Gasteiger partial charge in [0.2, 0.25) is 0 Å². The molecule has 0 bridgehead atoms. The second-order valence-corrected chi connectivity index (χ2v) is 3.20. The number of hydrogen-bond acceptors (Lipinski definition) is 3. The van der Waals surface area contributed by atoms with Crippen LogP contribution in [0, 0.1) is 0 Å². The maximum Gasteiger partial charge on any atom is 0.0675 e. The lowest BCUT2D eigenvalue weighted by atomic mass is 10.3. The highest BCUT2D eigenvalue weighted by atomic mass is 16.5. The summed E-state index contributed by atoms with van der Waals surface area (Å²) < 4.78 is 10.3. The van der Waals surface area contributed by atoms with Crippen LogP contribution in [0.1, 0.15) is 27.7 Å². The molecule has 13 heavy (non-hydrogen) atoms. The van der Waals surface area contributed by atoms with Crippen LogP contribution in [0.3, 0.4) is 0 Å². The second-order valence-electron chi connectivity index (χ2n) is 3.20. The summed E-state index contributed by atoms with van der Waals surface area (Å²) in [6.07, 6.45) is 0.803. The van der Waals surface area contributed by atoms with Gasteiger partial charge in [-0.25, -0.2) is 0 Å². The van der Waals surface area contributed by atoms with E-state index >= 15 is 0 Å². The number of ether oxygens (including phenoxy) is 2.